The predicted molar refractivity (Wildman–Crippen MR) is 76.4 cm³/mol. The zero-order valence-electron chi connectivity index (χ0n) is 11.8. The average Bonchev–Trinajstić information content (AvgIpc) is 2.46. The Labute approximate surface area is 115 Å². The normalized spacial score (nSPS) is 10.6. The molecule has 0 radical (unpaired) electrons. The maximum absolute atomic E-state index is 5.60. The molecule has 0 amide bonds. The molecule has 0 aliphatic carbocycles. The number of rotatable bonds is 11. The fourth-order valence-corrected chi connectivity index (χ4v) is 1.54. The van der Waals surface area contributed by atoms with E-state index in [9.17, 15) is 0 Å². The van der Waals surface area contributed by atoms with Crippen molar-refractivity contribution in [2.75, 3.05) is 33.0 Å². The van der Waals surface area contributed by atoms with Gasteiger partial charge in [-0.05, 0) is 24.1 Å². The van der Waals surface area contributed by atoms with Crippen LogP contribution in [0, 0.1) is 0 Å². The van der Waals surface area contributed by atoms with Crippen LogP contribution in [-0.2, 0) is 16.0 Å². The molecule has 108 valence electrons. The molecule has 2 N–H and O–H groups in total. The summed E-state index contributed by atoms with van der Waals surface area (Å²) in [6.45, 7) is 6.17. The minimum atomic E-state index is 0.564. The molecule has 0 saturated carbocycles. The van der Waals surface area contributed by atoms with Gasteiger partial charge >= 0.3 is 0 Å². The monoisotopic (exact) mass is 267 g/mol. The zero-order chi connectivity index (χ0) is 13.8. The molecule has 0 bridgehead atoms. The summed E-state index contributed by atoms with van der Waals surface area (Å²) in [7, 11) is 0. The second-order valence-electron chi connectivity index (χ2n) is 4.27. The molecular weight excluding hydrogens is 242 g/mol. The van der Waals surface area contributed by atoms with Gasteiger partial charge < -0.3 is 19.9 Å². The van der Waals surface area contributed by atoms with Crippen molar-refractivity contribution < 1.29 is 14.2 Å². The number of hydrogen-bond donors (Lipinski definition) is 1. The van der Waals surface area contributed by atoms with Crippen LogP contribution in [0.15, 0.2) is 24.3 Å². The molecule has 0 spiro atoms. The van der Waals surface area contributed by atoms with Crippen LogP contribution in [-0.4, -0.2) is 33.0 Å². The molecule has 1 aromatic rings. The van der Waals surface area contributed by atoms with Crippen LogP contribution in [0.3, 0.4) is 0 Å². The Balaban J connectivity index is 1.95. The molecule has 0 atom stereocenters. The lowest BCUT2D eigenvalue weighted by atomic mass is 10.2. The smallest absolute Gasteiger partial charge is 0.119 e. The third-order valence-corrected chi connectivity index (χ3v) is 2.58. The van der Waals surface area contributed by atoms with Crippen molar-refractivity contribution in [1.29, 1.82) is 0 Å². The van der Waals surface area contributed by atoms with Gasteiger partial charge in [-0.2, -0.15) is 0 Å². The van der Waals surface area contributed by atoms with Gasteiger partial charge in [-0.1, -0.05) is 19.1 Å². The van der Waals surface area contributed by atoms with Gasteiger partial charge in [-0.25, -0.2) is 0 Å². The fraction of sp³-hybridized carbons (Fsp3) is 0.600. The van der Waals surface area contributed by atoms with Gasteiger partial charge in [0.1, 0.15) is 5.75 Å². The lowest BCUT2D eigenvalue weighted by Crippen LogP contribution is -2.08. The summed E-state index contributed by atoms with van der Waals surface area (Å²) < 4.78 is 16.3. The summed E-state index contributed by atoms with van der Waals surface area (Å²) in [5.74, 6) is 0.878. The van der Waals surface area contributed by atoms with Gasteiger partial charge in [-0.15, -0.1) is 0 Å². The lowest BCUT2D eigenvalue weighted by molar-refractivity contribution is 0.0438. The van der Waals surface area contributed by atoms with Crippen LogP contribution in [0.5, 0.6) is 5.75 Å². The van der Waals surface area contributed by atoms with Crippen LogP contribution in [0.2, 0.25) is 0 Å². The molecule has 0 aliphatic heterocycles. The fourth-order valence-electron chi connectivity index (χ4n) is 1.54. The van der Waals surface area contributed by atoms with Crippen molar-refractivity contribution in [2.24, 2.45) is 5.73 Å². The van der Waals surface area contributed by atoms with Crippen molar-refractivity contribution in [2.45, 2.75) is 26.3 Å². The zero-order valence-corrected chi connectivity index (χ0v) is 11.8. The van der Waals surface area contributed by atoms with E-state index in [0.29, 0.717) is 33.0 Å². The van der Waals surface area contributed by atoms with E-state index in [1.54, 1.807) is 0 Å². The lowest BCUT2D eigenvalue weighted by Gasteiger charge is -2.07. The topological polar surface area (TPSA) is 53.7 Å². The molecule has 0 aromatic heterocycles. The van der Waals surface area contributed by atoms with Gasteiger partial charge in [0, 0.05) is 26.2 Å². The van der Waals surface area contributed by atoms with Gasteiger partial charge in [0.15, 0.2) is 0 Å². The highest BCUT2D eigenvalue weighted by Gasteiger charge is 1.95. The Hall–Kier alpha value is -1.10. The number of ether oxygens (including phenoxy) is 3. The maximum atomic E-state index is 5.60. The van der Waals surface area contributed by atoms with E-state index in [4.69, 9.17) is 19.9 Å². The Morgan fingerprint density at radius 1 is 0.895 bits per heavy atom. The van der Waals surface area contributed by atoms with E-state index in [0.717, 1.165) is 30.8 Å². The number of hydrogen-bond acceptors (Lipinski definition) is 4. The molecule has 19 heavy (non-hydrogen) atoms. The largest absolute Gasteiger partial charge is 0.494 e. The molecular formula is C15H25NO3. The third-order valence-electron chi connectivity index (χ3n) is 2.58. The van der Waals surface area contributed by atoms with Crippen molar-refractivity contribution in [1.82, 2.24) is 0 Å². The van der Waals surface area contributed by atoms with Crippen molar-refractivity contribution in [3.63, 3.8) is 0 Å². The Morgan fingerprint density at radius 3 is 2.21 bits per heavy atom. The summed E-state index contributed by atoms with van der Waals surface area (Å²) in [5, 5.41) is 0. The Kier molecular flexibility index (Phi) is 9.06. The van der Waals surface area contributed by atoms with Gasteiger partial charge in [-0.3, -0.25) is 0 Å². The van der Waals surface area contributed by atoms with E-state index in [1.165, 1.54) is 0 Å². The van der Waals surface area contributed by atoms with Gasteiger partial charge in [0.05, 0.1) is 19.8 Å². The van der Waals surface area contributed by atoms with Crippen LogP contribution in [0.4, 0.5) is 0 Å². The quantitative estimate of drug-likeness (QED) is 0.625. The van der Waals surface area contributed by atoms with E-state index < -0.39 is 0 Å². The van der Waals surface area contributed by atoms with Crippen molar-refractivity contribution in [3.8, 4) is 5.75 Å². The second kappa shape index (κ2) is 10.8. The van der Waals surface area contributed by atoms with E-state index in [-0.39, 0.29) is 0 Å². The first-order valence-electron chi connectivity index (χ1n) is 6.94. The Morgan fingerprint density at radius 2 is 1.58 bits per heavy atom. The summed E-state index contributed by atoms with van der Waals surface area (Å²) in [6.07, 6.45) is 1.93. The summed E-state index contributed by atoms with van der Waals surface area (Å²) in [5.41, 5.74) is 6.64. The van der Waals surface area contributed by atoms with E-state index in [2.05, 4.69) is 6.92 Å². The third kappa shape index (κ3) is 7.82. The average molecular weight is 267 g/mol. The van der Waals surface area contributed by atoms with Crippen LogP contribution < -0.4 is 10.5 Å². The minimum absolute atomic E-state index is 0.564. The van der Waals surface area contributed by atoms with E-state index in [1.807, 2.05) is 24.3 Å². The van der Waals surface area contributed by atoms with Crippen LogP contribution in [0.1, 0.15) is 25.3 Å². The first kappa shape index (κ1) is 16.0. The van der Waals surface area contributed by atoms with Crippen LogP contribution in [0.25, 0.3) is 0 Å². The van der Waals surface area contributed by atoms with Crippen molar-refractivity contribution >= 4 is 0 Å². The van der Waals surface area contributed by atoms with E-state index >= 15 is 0 Å². The van der Waals surface area contributed by atoms with Crippen molar-refractivity contribution in [3.05, 3.63) is 29.8 Å². The number of nitrogens with two attached hydrogens (primary N) is 1. The van der Waals surface area contributed by atoms with Gasteiger partial charge in [0.25, 0.3) is 0 Å². The minimum Gasteiger partial charge on any atom is -0.494 e. The highest BCUT2D eigenvalue weighted by Crippen LogP contribution is 2.11. The highest BCUT2D eigenvalue weighted by atomic mass is 16.5. The SMILES string of the molecule is CCCOCCOCCCOc1ccc(CN)cc1. The molecule has 0 unspecified atom stereocenters. The molecule has 0 heterocycles. The summed E-state index contributed by atoms with van der Waals surface area (Å²) in [4.78, 5) is 0. The highest BCUT2D eigenvalue weighted by molar-refractivity contribution is 5.26. The summed E-state index contributed by atoms with van der Waals surface area (Å²) in [6, 6.07) is 7.86. The molecule has 0 aliphatic rings. The van der Waals surface area contributed by atoms with Gasteiger partial charge in [0.2, 0.25) is 0 Å². The molecule has 0 saturated heterocycles. The standard InChI is InChI=1S/C15H25NO3/c1-2-8-17-11-12-18-9-3-10-19-15-6-4-14(13-16)5-7-15/h4-7H,2-3,8-13,16H2,1H3. The first-order chi connectivity index (χ1) is 9.36. The predicted octanol–water partition coefficient (Wildman–Crippen LogP) is 2.36. The summed E-state index contributed by atoms with van der Waals surface area (Å²) >= 11 is 0. The molecule has 4 nitrogen and oxygen atoms in total. The second-order valence-corrected chi connectivity index (χ2v) is 4.27. The molecule has 0 fully saturated rings. The molecule has 1 aromatic carbocycles. The number of benzene rings is 1. The molecule has 4 heteroatoms. The maximum Gasteiger partial charge on any atom is 0.119 e. The molecule has 1 rings (SSSR count). The van der Waals surface area contributed by atoms with Crippen LogP contribution >= 0.6 is 0 Å². The first-order valence-corrected chi connectivity index (χ1v) is 6.94. The Bertz CT molecular complexity index is 314.